The largest absolute Gasteiger partial charge is 0.277 e. The molecule has 1 aliphatic rings. The van der Waals surface area contributed by atoms with Gasteiger partial charge in [-0.3, -0.25) is 10.1 Å². The standard InChI is InChI=1S/C15H9NO2/c17-16(18)13-8-11-4-1-3-9-7-10-5-2-6-12(13)15(10)14(9)11/h1-6,8H,7H2. The SMILES string of the molecule is O=[N+]([O-])c1cc2cccc3c2c2c(cccc12)C3. The predicted octanol–water partition coefficient (Wildman–Crippen LogP) is 3.81. The first-order valence-corrected chi connectivity index (χ1v) is 5.86. The minimum absolute atomic E-state index is 0.207. The van der Waals surface area contributed by atoms with Crippen LogP contribution in [0.3, 0.4) is 0 Å². The van der Waals surface area contributed by atoms with Gasteiger partial charge in [0.25, 0.3) is 5.69 Å². The molecule has 0 unspecified atom stereocenters. The number of hydrogen-bond acceptors (Lipinski definition) is 2. The van der Waals surface area contributed by atoms with E-state index in [-0.39, 0.29) is 10.6 Å². The molecule has 18 heavy (non-hydrogen) atoms. The Kier molecular flexibility index (Phi) is 1.64. The summed E-state index contributed by atoms with van der Waals surface area (Å²) in [6, 6.07) is 13.5. The second kappa shape index (κ2) is 3.07. The number of rotatable bonds is 1. The van der Waals surface area contributed by atoms with Crippen molar-refractivity contribution >= 4 is 27.2 Å². The van der Waals surface area contributed by atoms with Gasteiger partial charge in [-0.1, -0.05) is 30.3 Å². The number of nitro groups is 1. The highest BCUT2D eigenvalue weighted by Gasteiger charge is 2.22. The molecule has 0 amide bonds. The van der Waals surface area contributed by atoms with Crippen molar-refractivity contribution in [3.8, 4) is 0 Å². The van der Waals surface area contributed by atoms with Gasteiger partial charge < -0.3 is 0 Å². The summed E-state index contributed by atoms with van der Waals surface area (Å²) in [6.45, 7) is 0. The zero-order chi connectivity index (χ0) is 12.3. The van der Waals surface area contributed by atoms with Gasteiger partial charge in [-0.25, -0.2) is 0 Å². The van der Waals surface area contributed by atoms with E-state index in [0.29, 0.717) is 0 Å². The summed E-state index contributed by atoms with van der Waals surface area (Å²) < 4.78 is 0. The molecular formula is C15H9NO2. The molecule has 3 aromatic carbocycles. The lowest BCUT2D eigenvalue weighted by Crippen LogP contribution is -1.90. The van der Waals surface area contributed by atoms with E-state index in [1.54, 1.807) is 6.07 Å². The Morgan fingerprint density at radius 2 is 1.72 bits per heavy atom. The fraction of sp³-hybridized carbons (Fsp3) is 0.0667. The van der Waals surface area contributed by atoms with E-state index < -0.39 is 0 Å². The summed E-state index contributed by atoms with van der Waals surface area (Å²) in [6.07, 6.45) is 0.880. The fourth-order valence-corrected chi connectivity index (χ4v) is 3.03. The average molecular weight is 235 g/mol. The first kappa shape index (κ1) is 9.59. The van der Waals surface area contributed by atoms with Crippen LogP contribution in [0.2, 0.25) is 0 Å². The quantitative estimate of drug-likeness (QED) is 0.286. The summed E-state index contributed by atoms with van der Waals surface area (Å²) in [5, 5.41) is 15.2. The number of nitro benzene ring substituents is 1. The Balaban J connectivity index is 2.35. The second-order valence-corrected chi connectivity index (χ2v) is 4.68. The van der Waals surface area contributed by atoms with Gasteiger partial charge >= 0.3 is 0 Å². The summed E-state index contributed by atoms with van der Waals surface area (Å²) in [5.41, 5.74) is 2.68. The van der Waals surface area contributed by atoms with Crippen LogP contribution in [0.25, 0.3) is 21.5 Å². The zero-order valence-corrected chi connectivity index (χ0v) is 9.51. The lowest BCUT2D eigenvalue weighted by atomic mass is 10.0. The van der Waals surface area contributed by atoms with Crippen LogP contribution in [0, 0.1) is 10.1 Å². The van der Waals surface area contributed by atoms with Crippen molar-refractivity contribution in [3.05, 3.63) is 63.7 Å². The molecule has 0 atom stereocenters. The van der Waals surface area contributed by atoms with Gasteiger partial charge in [0.15, 0.2) is 0 Å². The van der Waals surface area contributed by atoms with E-state index in [1.807, 2.05) is 24.3 Å². The van der Waals surface area contributed by atoms with Crippen molar-refractivity contribution in [1.29, 1.82) is 0 Å². The summed E-state index contributed by atoms with van der Waals surface area (Å²) in [4.78, 5) is 10.9. The van der Waals surface area contributed by atoms with E-state index in [9.17, 15) is 10.1 Å². The molecule has 3 nitrogen and oxygen atoms in total. The lowest BCUT2D eigenvalue weighted by molar-refractivity contribution is -0.382. The third kappa shape index (κ3) is 1.03. The van der Waals surface area contributed by atoms with E-state index in [1.165, 1.54) is 16.5 Å². The Hall–Kier alpha value is -2.42. The van der Waals surface area contributed by atoms with Crippen molar-refractivity contribution in [1.82, 2.24) is 0 Å². The molecular weight excluding hydrogens is 226 g/mol. The van der Waals surface area contributed by atoms with Crippen molar-refractivity contribution < 1.29 is 4.92 Å². The molecule has 0 saturated carbocycles. The highest BCUT2D eigenvalue weighted by atomic mass is 16.6. The molecule has 0 fully saturated rings. The number of hydrogen-bond donors (Lipinski definition) is 0. The Morgan fingerprint density at radius 3 is 2.50 bits per heavy atom. The van der Waals surface area contributed by atoms with Crippen molar-refractivity contribution in [3.63, 3.8) is 0 Å². The van der Waals surface area contributed by atoms with E-state index >= 15 is 0 Å². The molecule has 0 heterocycles. The smallest absolute Gasteiger partial charge is 0.258 e. The molecule has 0 saturated heterocycles. The molecule has 0 radical (unpaired) electrons. The fourth-order valence-electron chi connectivity index (χ4n) is 3.03. The molecule has 4 rings (SSSR count). The average Bonchev–Trinajstić information content (AvgIpc) is 2.75. The number of benzene rings is 3. The minimum Gasteiger partial charge on any atom is -0.258 e. The lowest BCUT2D eigenvalue weighted by Gasteiger charge is -2.04. The number of non-ortho nitro benzene ring substituents is 1. The van der Waals surface area contributed by atoms with Crippen molar-refractivity contribution in [2.75, 3.05) is 0 Å². The van der Waals surface area contributed by atoms with Crippen molar-refractivity contribution in [2.24, 2.45) is 0 Å². The summed E-state index contributed by atoms with van der Waals surface area (Å²) in [7, 11) is 0. The van der Waals surface area contributed by atoms with Gasteiger partial charge in [0.05, 0.1) is 10.3 Å². The van der Waals surface area contributed by atoms with E-state index in [2.05, 4.69) is 12.1 Å². The van der Waals surface area contributed by atoms with Crippen LogP contribution in [-0.2, 0) is 6.42 Å². The van der Waals surface area contributed by atoms with E-state index in [4.69, 9.17) is 0 Å². The predicted molar refractivity (Wildman–Crippen MR) is 70.9 cm³/mol. The maximum Gasteiger partial charge on any atom is 0.277 e. The van der Waals surface area contributed by atoms with Crippen LogP contribution in [-0.4, -0.2) is 4.92 Å². The van der Waals surface area contributed by atoms with Crippen LogP contribution in [0.15, 0.2) is 42.5 Å². The van der Waals surface area contributed by atoms with Gasteiger partial charge in [0, 0.05) is 11.5 Å². The molecule has 1 aliphatic carbocycles. The monoisotopic (exact) mass is 235 g/mol. The van der Waals surface area contributed by atoms with Gasteiger partial charge in [0.2, 0.25) is 0 Å². The first-order chi connectivity index (χ1) is 8.75. The van der Waals surface area contributed by atoms with Gasteiger partial charge in [-0.2, -0.15) is 0 Å². The van der Waals surface area contributed by atoms with Crippen molar-refractivity contribution in [2.45, 2.75) is 6.42 Å². The minimum atomic E-state index is -0.288. The molecule has 0 aromatic heterocycles. The third-order valence-electron chi connectivity index (χ3n) is 3.73. The number of nitrogens with zero attached hydrogens (tertiary/aromatic N) is 1. The van der Waals surface area contributed by atoms with Gasteiger partial charge in [0.1, 0.15) is 0 Å². The molecule has 0 N–H and O–H groups in total. The van der Waals surface area contributed by atoms with Crippen LogP contribution in [0.1, 0.15) is 11.1 Å². The summed E-state index contributed by atoms with van der Waals surface area (Å²) >= 11 is 0. The normalized spacial score (nSPS) is 12.7. The van der Waals surface area contributed by atoms with Crippen LogP contribution < -0.4 is 0 Å². The molecule has 0 spiro atoms. The van der Waals surface area contributed by atoms with Gasteiger partial charge in [-0.05, 0) is 34.4 Å². The van der Waals surface area contributed by atoms with E-state index in [0.717, 1.165) is 22.6 Å². The van der Waals surface area contributed by atoms with Crippen LogP contribution >= 0.6 is 0 Å². The molecule has 3 heteroatoms. The molecule has 0 aliphatic heterocycles. The van der Waals surface area contributed by atoms with Crippen LogP contribution in [0.5, 0.6) is 0 Å². The summed E-state index contributed by atoms with van der Waals surface area (Å²) in [5.74, 6) is 0. The maximum absolute atomic E-state index is 11.2. The Labute approximate surface area is 103 Å². The molecule has 0 bridgehead atoms. The highest BCUT2D eigenvalue weighted by molar-refractivity contribution is 6.16. The molecule has 3 aromatic rings. The van der Waals surface area contributed by atoms with Crippen LogP contribution in [0.4, 0.5) is 5.69 Å². The molecule has 86 valence electrons. The highest BCUT2D eigenvalue weighted by Crippen LogP contribution is 2.41. The third-order valence-corrected chi connectivity index (χ3v) is 3.73. The maximum atomic E-state index is 11.2. The first-order valence-electron chi connectivity index (χ1n) is 5.86. The topological polar surface area (TPSA) is 43.1 Å². The second-order valence-electron chi connectivity index (χ2n) is 4.68. The Morgan fingerprint density at radius 1 is 1.00 bits per heavy atom. The Bertz CT molecular complexity index is 837. The van der Waals surface area contributed by atoms with Gasteiger partial charge in [-0.15, -0.1) is 0 Å². The zero-order valence-electron chi connectivity index (χ0n) is 9.51.